The van der Waals surface area contributed by atoms with E-state index >= 15 is 0 Å². The number of carbonyl (C=O) groups is 1. The summed E-state index contributed by atoms with van der Waals surface area (Å²) in [4.78, 5) is 18.0. The molecule has 1 atom stereocenters. The van der Waals surface area contributed by atoms with Gasteiger partial charge in [0.1, 0.15) is 5.75 Å². The average molecular weight is 538 g/mol. The van der Waals surface area contributed by atoms with Crippen molar-refractivity contribution in [3.63, 3.8) is 0 Å². The number of carbonyl (C=O) groups excluding carboxylic acids is 1. The Morgan fingerprint density at radius 2 is 1.78 bits per heavy atom. The molecule has 1 unspecified atom stereocenters. The second-order valence-corrected chi connectivity index (χ2v) is 11.1. The van der Waals surface area contributed by atoms with E-state index in [1.807, 2.05) is 6.07 Å². The van der Waals surface area contributed by atoms with E-state index in [-0.39, 0.29) is 10.6 Å². The van der Waals surface area contributed by atoms with Crippen molar-refractivity contribution >= 4 is 42.4 Å². The van der Waals surface area contributed by atoms with Crippen LogP contribution in [0.2, 0.25) is 0 Å². The highest BCUT2D eigenvalue weighted by Crippen LogP contribution is 2.36. The lowest BCUT2D eigenvalue weighted by atomic mass is 10.1. The Hall–Kier alpha value is -4.14. The lowest BCUT2D eigenvalue weighted by Gasteiger charge is -2.19. The molecule has 4 aromatic rings. The molecule has 0 spiro atoms. The molecule has 37 heavy (non-hydrogen) atoms. The predicted molar refractivity (Wildman–Crippen MR) is 140 cm³/mol. The van der Waals surface area contributed by atoms with E-state index in [9.17, 15) is 13.2 Å². The van der Waals surface area contributed by atoms with Crippen LogP contribution in [0.15, 0.2) is 65.6 Å². The number of ether oxygens (including phenoxy) is 3. The summed E-state index contributed by atoms with van der Waals surface area (Å²) in [6.45, 7) is 1.55. The number of sulfone groups is 1. The zero-order valence-electron chi connectivity index (χ0n) is 20.2. The van der Waals surface area contributed by atoms with Gasteiger partial charge in [-0.3, -0.25) is 10.1 Å². The number of nitrogens with zero attached hydrogens (tertiary/aromatic N) is 2. The highest BCUT2D eigenvalue weighted by Gasteiger charge is 2.26. The zero-order chi connectivity index (χ0) is 26.6. The molecule has 0 fully saturated rings. The minimum Gasteiger partial charge on any atom is -0.493 e. The minimum atomic E-state index is -3.51. The fourth-order valence-electron chi connectivity index (χ4n) is 3.53. The summed E-state index contributed by atoms with van der Waals surface area (Å²) in [7, 11) is -0.451. The molecule has 0 aliphatic carbocycles. The van der Waals surface area contributed by atoms with E-state index < -0.39 is 21.8 Å². The molecule has 4 rings (SSSR count). The van der Waals surface area contributed by atoms with Gasteiger partial charge >= 0.3 is 0 Å². The van der Waals surface area contributed by atoms with Gasteiger partial charge in [-0.15, -0.1) is 0 Å². The topological polar surface area (TPSA) is 128 Å². The van der Waals surface area contributed by atoms with E-state index in [4.69, 9.17) is 19.5 Å². The first-order chi connectivity index (χ1) is 17.8. The molecule has 3 aromatic carbocycles. The molecule has 0 aliphatic heterocycles. The van der Waals surface area contributed by atoms with Crippen LogP contribution >= 0.6 is 11.3 Å². The number of rotatable bonds is 9. The number of anilines is 1. The smallest absolute Gasteiger partial charge is 0.271 e. The molecule has 1 heterocycles. The summed E-state index contributed by atoms with van der Waals surface area (Å²) in [5.74, 6) is 0.749. The number of hydrogen-bond donors (Lipinski definition) is 1. The molecule has 190 valence electrons. The third-order valence-electron chi connectivity index (χ3n) is 5.50. The first-order valence-corrected chi connectivity index (χ1v) is 13.6. The average Bonchev–Trinajstić information content (AvgIpc) is 3.32. The zero-order valence-corrected chi connectivity index (χ0v) is 21.9. The van der Waals surface area contributed by atoms with Crippen LogP contribution in [-0.2, 0) is 14.6 Å². The van der Waals surface area contributed by atoms with Crippen LogP contribution in [0.25, 0.3) is 10.2 Å². The van der Waals surface area contributed by atoms with Crippen LogP contribution in [0, 0.1) is 11.3 Å². The summed E-state index contributed by atoms with van der Waals surface area (Å²) >= 11 is 1.24. The van der Waals surface area contributed by atoms with Gasteiger partial charge in [0.25, 0.3) is 5.91 Å². The fraction of sp³-hybridized carbons (Fsp3) is 0.192. The van der Waals surface area contributed by atoms with Gasteiger partial charge in [-0.2, -0.15) is 5.26 Å². The molecular weight excluding hydrogens is 514 g/mol. The number of amides is 1. The number of benzene rings is 3. The van der Waals surface area contributed by atoms with Crippen molar-refractivity contribution in [3.8, 4) is 23.3 Å². The van der Waals surface area contributed by atoms with Gasteiger partial charge in [0.2, 0.25) is 6.10 Å². The normalized spacial score (nSPS) is 11.9. The van der Waals surface area contributed by atoms with Gasteiger partial charge in [0, 0.05) is 17.7 Å². The Bertz CT molecular complexity index is 1550. The molecule has 0 saturated carbocycles. The highest BCUT2D eigenvalue weighted by molar-refractivity contribution is 7.91. The molecule has 1 amide bonds. The summed E-state index contributed by atoms with van der Waals surface area (Å²) in [6, 6.07) is 17.9. The van der Waals surface area contributed by atoms with E-state index in [0.29, 0.717) is 39.0 Å². The maximum Gasteiger partial charge on any atom is 0.271 e. The number of nitriles is 1. The molecule has 0 bridgehead atoms. The van der Waals surface area contributed by atoms with Crippen LogP contribution in [-0.4, -0.2) is 39.3 Å². The number of nitrogens with one attached hydrogen (secondary N) is 1. The largest absolute Gasteiger partial charge is 0.493 e. The highest BCUT2D eigenvalue weighted by atomic mass is 32.2. The van der Waals surface area contributed by atoms with Crippen molar-refractivity contribution in [3.05, 3.63) is 71.8 Å². The summed E-state index contributed by atoms with van der Waals surface area (Å²) in [6.07, 6.45) is -1.20. The maximum atomic E-state index is 13.5. The van der Waals surface area contributed by atoms with E-state index in [1.165, 1.54) is 37.7 Å². The van der Waals surface area contributed by atoms with Crippen LogP contribution < -0.4 is 19.5 Å². The number of aromatic nitrogens is 1. The second-order valence-electron chi connectivity index (χ2n) is 7.79. The standard InChI is InChI=1S/C26H23N3O6S2/c1-4-37(31,32)19-7-5-6-17(12-19)24(35-18-10-8-16(15-27)9-11-18)25(30)29-26-28-20-13-21(33-2)22(34-3)14-23(20)36-26/h5-14,24H,4H2,1-3H3,(H,28,29,30). The maximum absolute atomic E-state index is 13.5. The second kappa shape index (κ2) is 10.9. The lowest BCUT2D eigenvalue weighted by Crippen LogP contribution is -2.26. The minimum absolute atomic E-state index is 0.0809. The summed E-state index contributed by atoms with van der Waals surface area (Å²) < 4.78 is 42.4. The Morgan fingerprint density at radius 1 is 1.08 bits per heavy atom. The Kier molecular flexibility index (Phi) is 7.61. The molecule has 0 saturated heterocycles. The number of thiazole rings is 1. The van der Waals surface area contributed by atoms with Crippen molar-refractivity contribution in [2.45, 2.75) is 17.9 Å². The van der Waals surface area contributed by atoms with Crippen LogP contribution in [0.4, 0.5) is 5.13 Å². The summed E-state index contributed by atoms with van der Waals surface area (Å²) in [5.41, 5.74) is 1.39. The Balaban J connectivity index is 1.70. The molecule has 1 aromatic heterocycles. The van der Waals surface area contributed by atoms with Gasteiger partial charge in [-0.05, 0) is 36.4 Å². The van der Waals surface area contributed by atoms with Crippen molar-refractivity contribution in [1.82, 2.24) is 4.98 Å². The van der Waals surface area contributed by atoms with Gasteiger partial charge < -0.3 is 14.2 Å². The van der Waals surface area contributed by atoms with Crippen LogP contribution in [0.3, 0.4) is 0 Å². The Labute approximate surface area is 218 Å². The SMILES string of the molecule is CCS(=O)(=O)c1cccc(C(Oc2ccc(C#N)cc2)C(=O)Nc2nc3cc(OC)c(OC)cc3s2)c1. The van der Waals surface area contributed by atoms with E-state index in [1.54, 1.807) is 55.5 Å². The fourth-order valence-corrected chi connectivity index (χ4v) is 5.35. The molecule has 9 nitrogen and oxygen atoms in total. The molecule has 1 N–H and O–H groups in total. The van der Waals surface area contributed by atoms with E-state index in [0.717, 1.165) is 4.70 Å². The molecule has 0 radical (unpaired) electrons. The van der Waals surface area contributed by atoms with Gasteiger partial charge in [0.05, 0.1) is 46.7 Å². The predicted octanol–water partition coefficient (Wildman–Crippen LogP) is 4.74. The molecular formula is C26H23N3O6S2. The summed E-state index contributed by atoms with van der Waals surface area (Å²) in [5, 5.41) is 12.2. The number of fused-ring (bicyclic) bond motifs is 1. The number of hydrogen-bond acceptors (Lipinski definition) is 9. The molecule has 11 heteroatoms. The van der Waals surface area contributed by atoms with Crippen molar-refractivity contribution < 1.29 is 27.4 Å². The quantitative estimate of drug-likeness (QED) is 0.324. The van der Waals surface area contributed by atoms with Gasteiger partial charge in [-0.1, -0.05) is 30.4 Å². The first kappa shape index (κ1) is 25.9. The van der Waals surface area contributed by atoms with Crippen molar-refractivity contribution in [2.24, 2.45) is 0 Å². The monoisotopic (exact) mass is 537 g/mol. The van der Waals surface area contributed by atoms with E-state index in [2.05, 4.69) is 10.3 Å². The lowest BCUT2D eigenvalue weighted by molar-refractivity contribution is -0.123. The number of methoxy groups -OCH3 is 2. The Morgan fingerprint density at radius 3 is 2.43 bits per heavy atom. The van der Waals surface area contributed by atoms with Crippen molar-refractivity contribution in [1.29, 1.82) is 5.26 Å². The van der Waals surface area contributed by atoms with Crippen LogP contribution in [0.1, 0.15) is 24.2 Å². The first-order valence-electron chi connectivity index (χ1n) is 11.1. The third-order valence-corrected chi connectivity index (χ3v) is 8.17. The van der Waals surface area contributed by atoms with Crippen molar-refractivity contribution in [2.75, 3.05) is 25.3 Å². The van der Waals surface area contributed by atoms with Crippen LogP contribution in [0.5, 0.6) is 17.2 Å². The van der Waals surface area contributed by atoms with Gasteiger partial charge in [0.15, 0.2) is 26.5 Å². The third kappa shape index (κ3) is 5.66. The van der Waals surface area contributed by atoms with Gasteiger partial charge in [-0.25, -0.2) is 13.4 Å². The molecule has 0 aliphatic rings.